The Morgan fingerprint density at radius 3 is 2.52 bits per heavy atom. The highest BCUT2D eigenvalue weighted by molar-refractivity contribution is 7.91. The third-order valence-corrected chi connectivity index (χ3v) is 4.89. The number of rotatable bonds is 8. The predicted molar refractivity (Wildman–Crippen MR) is 85.9 cm³/mol. The first kappa shape index (κ1) is 17.4. The van der Waals surface area contributed by atoms with Crippen LogP contribution in [0.3, 0.4) is 0 Å². The molecule has 21 heavy (non-hydrogen) atoms. The Bertz CT molecular complexity index is 577. The largest absolute Gasteiger partial charge is 0.352 e. The minimum absolute atomic E-state index is 0.00779. The first-order valence-corrected chi connectivity index (χ1v) is 8.94. The molecule has 4 nitrogen and oxygen atoms in total. The molecular formula is C16H23NO3S. The van der Waals surface area contributed by atoms with E-state index in [2.05, 4.69) is 17.4 Å². The summed E-state index contributed by atoms with van der Waals surface area (Å²) >= 11 is 0. The van der Waals surface area contributed by atoms with Crippen molar-refractivity contribution >= 4 is 15.7 Å². The van der Waals surface area contributed by atoms with Gasteiger partial charge in [-0.25, -0.2) is 8.42 Å². The van der Waals surface area contributed by atoms with Gasteiger partial charge in [-0.3, -0.25) is 4.79 Å². The summed E-state index contributed by atoms with van der Waals surface area (Å²) in [5.74, 6) is -0.132. The highest BCUT2D eigenvalue weighted by Crippen LogP contribution is 2.08. The molecule has 0 aliphatic rings. The summed E-state index contributed by atoms with van der Waals surface area (Å²) in [5, 5.41) is 2.61. The van der Waals surface area contributed by atoms with Gasteiger partial charge >= 0.3 is 0 Å². The van der Waals surface area contributed by atoms with E-state index in [0.29, 0.717) is 0 Å². The number of aryl methyl sites for hydroxylation is 1. The van der Waals surface area contributed by atoms with Crippen molar-refractivity contribution in [1.82, 2.24) is 5.32 Å². The van der Waals surface area contributed by atoms with Crippen LogP contribution >= 0.6 is 0 Å². The molecule has 0 aromatic heterocycles. The molecule has 0 saturated heterocycles. The molecule has 0 saturated carbocycles. The van der Waals surface area contributed by atoms with Crippen molar-refractivity contribution in [1.29, 1.82) is 0 Å². The van der Waals surface area contributed by atoms with Crippen molar-refractivity contribution in [2.45, 2.75) is 26.7 Å². The predicted octanol–water partition coefficient (Wildman–Crippen LogP) is 2.12. The molecular weight excluding hydrogens is 286 g/mol. The smallest absolute Gasteiger partial charge is 0.243 e. The summed E-state index contributed by atoms with van der Waals surface area (Å²) in [4.78, 5) is 11.7. The summed E-state index contributed by atoms with van der Waals surface area (Å²) < 4.78 is 22.6. The molecule has 1 aromatic carbocycles. The number of sulfone groups is 1. The Hall–Kier alpha value is -1.62. The number of nitrogens with one attached hydrogen (secondary N) is 1. The van der Waals surface area contributed by atoms with Crippen LogP contribution in [-0.4, -0.2) is 32.4 Å². The second-order valence-electron chi connectivity index (χ2n) is 5.00. The Morgan fingerprint density at radius 1 is 1.24 bits per heavy atom. The number of benzene rings is 1. The maximum absolute atomic E-state index is 11.7. The van der Waals surface area contributed by atoms with E-state index in [1.165, 1.54) is 5.56 Å². The van der Waals surface area contributed by atoms with Crippen LogP contribution in [0.2, 0.25) is 0 Å². The number of amides is 1. The molecule has 0 aliphatic heterocycles. The van der Waals surface area contributed by atoms with E-state index >= 15 is 0 Å². The molecule has 0 heterocycles. The van der Waals surface area contributed by atoms with E-state index in [1.54, 1.807) is 13.0 Å². The van der Waals surface area contributed by atoms with Gasteiger partial charge in [0.15, 0.2) is 9.84 Å². The third kappa shape index (κ3) is 7.66. The summed E-state index contributed by atoms with van der Waals surface area (Å²) in [6.07, 6.45) is 3.24. The molecule has 0 aliphatic carbocycles. The Kier molecular flexibility index (Phi) is 7.15. The van der Waals surface area contributed by atoms with Gasteiger partial charge in [-0.1, -0.05) is 42.8 Å². The molecule has 1 amide bonds. The number of carbonyl (C=O) groups is 1. The zero-order valence-corrected chi connectivity index (χ0v) is 13.4. The maximum atomic E-state index is 11.7. The Labute approximate surface area is 127 Å². The lowest BCUT2D eigenvalue weighted by Gasteiger charge is -2.04. The van der Waals surface area contributed by atoms with Gasteiger partial charge in [0.05, 0.1) is 5.75 Å². The van der Waals surface area contributed by atoms with E-state index in [0.717, 1.165) is 18.4 Å². The molecule has 0 fully saturated rings. The SMILES string of the molecule is CCS(=O)(=O)CCNC(=O)/C=C(/C)CCc1ccccc1. The van der Waals surface area contributed by atoms with Gasteiger partial charge in [0.25, 0.3) is 0 Å². The van der Waals surface area contributed by atoms with Crippen molar-refractivity contribution in [3.8, 4) is 0 Å². The number of allylic oxidation sites excluding steroid dienone is 1. The highest BCUT2D eigenvalue weighted by atomic mass is 32.2. The first-order chi connectivity index (χ1) is 9.93. The third-order valence-electron chi connectivity index (χ3n) is 3.18. The van der Waals surface area contributed by atoms with E-state index in [1.807, 2.05) is 25.1 Å². The molecule has 0 atom stereocenters. The first-order valence-electron chi connectivity index (χ1n) is 7.12. The van der Waals surface area contributed by atoms with Crippen LogP contribution in [0.25, 0.3) is 0 Å². The molecule has 1 N–H and O–H groups in total. The number of hydrogen-bond donors (Lipinski definition) is 1. The Morgan fingerprint density at radius 2 is 1.90 bits per heavy atom. The van der Waals surface area contributed by atoms with E-state index in [-0.39, 0.29) is 24.0 Å². The fraction of sp³-hybridized carbons (Fsp3) is 0.438. The van der Waals surface area contributed by atoms with Crippen LogP contribution < -0.4 is 5.32 Å². The minimum Gasteiger partial charge on any atom is -0.352 e. The second kappa shape index (κ2) is 8.62. The van der Waals surface area contributed by atoms with Crippen LogP contribution in [0.15, 0.2) is 42.0 Å². The average molecular weight is 309 g/mol. The average Bonchev–Trinajstić information content (AvgIpc) is 2.46. The Balaban J connectivity index is 2.34. The summed E-state index contributed by atoms with van der Waals surface area (Å²) in [5.41, 5.74) is 2.22. The zero-order valence-electron chi connectivity index (χ0n) is 12.6. The number of hydrogen-bond acceptors (Lipinski definition) is 3. The lowest BCUT2D eigenvalue weighted by molar-refractivity contribution is -0.116. The van der Waals surface area contributed by atoms with Gasteiger partial charge in [-0.2, -0.15) is 0 Å². The lowest BCUT2D eigenvalue weighted by Crippen LogP contribution is -2.28. The van der Waals surface area contributed by atoms with Crippen molar-refractivity contribution in [3.05, 3.63) is 47.5 Å². The van der Waals surface area contributed by atoms with Crippen LogP contribution in [0.1, 0.15) is 25.8 Å². The van der Waals surface area contributed by atoms with Crippen LogP contribution in [-0.2, 0) is 21.1 Å². The normalized spacial score (nSPS) is 12.2. The van der Waals surface area contributed by atoms with Gasteiger partial charge in [-0.15, -0.1) is 0 Å². The van der Waals surface area contributed by atoms with Gasteiger partial charge in [-0.05, 0) is 25.3 Å². The van der Waals surface area contributed by atoms with Crippen LogP contribution in [0, 0.1) is 0 Å². The zero-order chi connectivity index (χ0) is 15.7. The van der Waals surface area contributed by atoms with Gasteiger partial charge < -0.3 is 5.32 Å². The van der Waals surface area contributed by atoms with Crippen LogP contribution in [0.5, 0.6) is 0 Å². The fourth-order valence-corrected chi connectivity index (χ4v) is 2.51. The van der Waals surface area contributed by atoms with E-state index in [4.69, 9.17) is 0 Å². The molecule has 0 bridgehead atoms. The maximum Gasteiger partial charge on any atom is 0.243 e. The van der Waals surface area contributed by atoms with E-state index in [9.17, 15) is 13.2 Å². The standard InChI is InChI=1S/C16H23NO3S/c1-3-21(19,20)12-11-17-16(18)13-14(2)9-10-15-7-5-4-6-8-15/h4-8,13H,3,9-12H2,1-2H3,(H,17,18)/b14-13-. The quantitative estimate of drug-likeness (QED) is 0.748. The van der Waals surface area contributed by atoms with Gasteiger partial charge in [0.1, 0.15) is 0 Å². The van der Waals surface area contributed by atoms with Crippen molar-refractivity contribution in [3.63, 3.8) is 0 Å². The van der Waals surface area contributed by atoms with Crippen LogP contribution in [0.4, 0.5) is 0 Å². The topological polar surface area (TPSA) is 63.2 Å². The minimum atomic E-state index is -3.03. The van der Waals surface area contributed by atoms with Crippen molar-refractivity contribution in [2.75, 3.05) is 18.1 Å². The monoisotopic (exact) mass is 309 g/mol. The van der Waals surface area contributed by atoms with E-state index < -0.39 is 9.84 Å². The molecule has 0 spiro atoms. The van der Waals surface area contributed by atoms with Crippen molar-refractivity contribution < 1.29 is 13.2 Å². The molecule has 1 aromatic rings. The summed E-state index contributed by atoms with van der Waals surface area (Å²) in [6, 6.07) is 10.1. The lowest BCUT2D eigenvalue weighted by atomic mass is 10.1. The molecule has 0 unspecified atom stereocenters. The molecule has 0 radical (unpaired) electrons. The fourth-order valence-electron chi connectivity index (χ4n) is 1.81. The van der Waals surface area contributed by atoms with Crippen molar-refractivity contribution in [2.24, 2.45) is 0 Å². The number of carbonyl (C=O) groups excluding carboxylic acids is 1. The molecule has 5 heteroatoms. The molecule has 1 rings (SSSR count). The highest BCUT2D eigenvalue weighted by Gasteiger charge is 2.07. The molecule has 116 valence electrons. The second-order valence-corrected chi connectivity index (χ2v) is 7.48. The summed E-state index contributed by atoms with van der Waals surface area (Å²) in [7, 11) is -3.03. The van der Waals surface area contributed by atoms with Gasteiger partial charge in [0, 0.05) is 18.4 Å². The van der Waals surface area contributed by atoms with Gasteiger partial charge in [0.2, 0.25) is 5.91 Å². The summed E-state index contributed by atoms with van der Waals surface area (Å²) in [6.45, 7) is 3.67.